The molecule has 19 heavy (non-hydrogen) atoms. The Bertz CT molecular complexity index is 329. The first kappa shape index (κ1) is 16.0. The summed E-state index contributed by atoms with van der Waals surface area (Å²) in [4.78, 5) is 25.4. The molecular weight excluding hydrogens is 244 g/mol. The van der Waals surface area contributed by atoms with Gasteiger partial charge in [0.15, 0.2) is 0 Å². The molecule has 0 radical (unpaired) electrons. The summed E-state index contributed by atoms with van der Waals surface area (Å²) in [5, 5.41) is 3.39. The fourth-order valence-corrected chi connectivity index (χ4v) is 2.46. The van der Waals surface area contributed by atoms with E-state index in [1.54, 1.807) is 4.90 Å². The summed E-state index contributed by atoms with van der Waals surface area (Å²) in [6.45, 7) is 8.80. The highest BCUT2D eigenvalue weighted by atomic mass is 16.5. The average Bonchev–Trinajstić information content (AvgIpc) is 2.63. The van der Waals surface area contributed by atoms with Gasteiger partial charge in [0.25, 0.3) is 0 Å². The molecule has 0 bridgehead atoms. The summed E-state index contributed by atoms with van der Waals surface area (Å²) in [5.74, 6) is 0.618. The van der Waals surface area contributed by atoms with Gasteiger partial charge in [-0.1, -0.05) is 27.7 Å². The average molecular weight is 270 g/mol. The molecule has 0 spiro atoms. The van der Waals surface area contributed by atoms with Crippen LogP contribution in [0.1, 0.15) is 40.5 Å². The number of hydrogen-bond donors (Lipinski definition) is 1. The maximum absolute atomic E-state index is 12.4. The maximum atomic E-state index is 12.4. The number of carbonyl (C=O) groups is 2. The van der Waals surface area contributed by atoms with E-state index in [-0.39, 0.29) is 30.5 Å². The van der Waals surface area contributed by atoms with Crippen molar-refractivity contribution in [1.29, 1.82) is 0 Å². The Labute approximate surface area is 115 Å². The molecule has 0 aromatic carbocycles. The molecule has 1 heterocycles. The number of amides is 1. The molecule has 2 unspecified atom stereocenters. The summed E-state index contributed by atoms with van der Waals surface area (Å²) in [5.41, 5.74) is 0. The van der Waals surface area contributed by atoms with Gasteiger partial charge >= 0.3 is 5.97 Å². The number of methoxy groups -OCH3 is 1. The second kappa shape index (κ2) is 6.89. The third-order valence-electron chi connectivity index (χ3n) is 3.41. The fraction of sp³-hybridized carbons (Fsp3) is 0.857. The molecule has 110 valence electrons. The Balaban J connectivity index is 2.69. The van der Waals surface area contributed by atoms with Crippen LogP contribution in [0.4, 0.5) is 0 Å². The van der Waals surface area contributed by atoms with E-state index in [9.17, 15) is 9.59 Å². The maximum Gasteiger partial charge on any atom is 0.307 e. The lowest BCUT2D eigenvalue weighted by Crippen LogP contribution is -2.42. The van der Waals surface area contributed by atoms with Gasteiger partial charge in [0.2, 0.25) is 5.91 Å². The van der Waals surface area contributed by atoms with Crippen molar-refractivity contribution in [3.63, 3.8) is 0 Å². The van der Waals surface area contributed by atoms with Gasteiger partial charge in [0.1, 0.15) is 0 Å². The van der Waals surface area contributed by atoms with Crippen molar-refractivity contribution in [2.24, 2.45) is 11.8 Å². The van der Waals surface area contributed by atoms with Crippen LogP contribution in [0.5, 0.6) is 0 Å². The van der Waals surface area contributed by atoms with Gasteiger partial charge in [-0.2, -0.15) is 0 Å². The summed E-state index contributed by atoms with van der Waals surface area (Å²) >= 11 is 0. The Kier molecular flexibility index (Phi) is 5.79. The molecule has 1 fully saturated rings. The second-order valence-corrected chi connectivity index (χ2v) is 5.90. The molecule has 1 N–H and O–H groups in total. The summed E-state index contributed by atoms with van der Waals surface area (Å²) in [6.07, 6.45) is 1.10. The van der Waals surface area contributed by atoms with Crippen molar-refractivity contribution in [3.8, 4) is 0 Å². The van der Waals surface area contributed by atoms with E-state index >= 15 is 0 Å². The van der Waals surface area contributed by atoms with Gasteiger partial charge < -0.3 is 9.64 Å². The van der Waals surface area contributed by atoms with Gasteiger partial charge in [-0.05, 0) is 18.3 Å². The highest BCUT2D eigenvalue weighted by Gasteiger charge is 2.40. The smallest absolute Gasteiger partial charge is 0.307 e. The highest BCUT2D eigenvalue weighted by molar-refractivity contribution is 5.84. The molecule has 1 saturated heterocycles. The van der Waals surface area contributed by atoms with Crippen LogP contribution in [0.15, 0.2) is 0 Å². The lowest BCUT2D eigenvalue weighted by Gasteiger charge is -2.26. The predicted octanol–water partition coefficient (Wildman–Crippen LogP) is 1.38. The largest absolute Gasteiger partial charge is 0.469 e. The van der Waals surface area contributed by atoms with Crippen molar-refractivity contribution in [2.45, 2.75) is 52.7 Å². The molecule has 2 atom stereocenters. The first-order valence-corrected chi connectivity index (χ1v) is 7.00. The van der Waals surface area contributed by atoms with E-state index in [4.69, 9.17) is 0 Å². The molecule has 0 aromatic heterocycles. The van der Waals surface area contributed by atoms with Crippen LogP contribution in [0.25, 0.3) is 0 Å². The minimum Gasteiger partial charge on any atom is -0.469 e. The molecule has 0 aliphatic carbocycles. The number of carbonyl (C=O) groups excluding carboxylic acids is 2. The third kappa shape index (κ3) is 4.20. The highest BCUT2D eigenvalue weighted by Crippen LogP contribution is 2.21. The van der Waals surface area contributed by atoms with E-state index < -0.39 is 0 Å². The van der Waals surface area contributed by atoms with Crippen molar-refractivity contribution >= 4 is 11.9 Å². The molecule has 5 heteroatoms. The topological polar surface area (TPSA) is 58.6 Å². The normalized spacial score (nSPS) is 23.5. The van der Waals surface area contributed by atoms with Crippen LogP contribution in [0, 0.1) is 11.8 Å². The zero-order chi connectivity index (χ0) is 14.6. The van der Waals surface area contributed by atoms with Crippen LogP contribution in [0.2, 0.25) is 0 Å². The Hall–Kier alpha value is -1.10. The van der Waals surface area contributed by atoms with Crippen LogP contribution >= 0.6 is 0 Å². The Morgan fingerprint density at radius 3 is 2.47 bits per heavy atom. The molecule has 1 rings (SSSR count). The van der Waals surface area contributed by atoms with Crippen LogP contribution < -0.4 is 5.32 Å². The number of nitrogens with zero attached hydrogens (tertiary/aromatic N) is 1. The van der Waals surface area contributed by atoms with Gasteiger partial charge in [0.05, 0.1) is 25.7 Å². The zero-order valence-corrected chi connectivity index (χ0v) is 12.6. The van der Waals surface area contributed by atoms with Crippen molar-refractivity contribution < 1.29 is 14.3 Å². The molecular formula is C14H26N2O3. The first-order valence-electron chi connectivity index (χ1n) is 7.00. The van der Waals surface area contributed by atoms with E-state index in [2.05, 4.69) is 37.7 Å². The number of rotatable bonds is 6. The third-order valence-corrected chi connectivity index (χ3v) is 3.41. The number of nitrogens with one attached hydrogen (secondary N) is 1. The number of hydrogen-bond acceptors (Lipinski definition) is 4. The number of ether oxygens (including phenoxy) is 1. The quantitative estimate of drug-likeness (QED) is 0.741. The van der Waals surface area contributed by atoms with Gasteiger partial charge in [-0.25, -0.2) is 0 Å². The second-order valence-electron chi connectivity index (χ2n) is 5.90. The Morgan fingerprint density at radius 2 is 2.00 bits per heavy atom. The lowest BCUT2D eigenvalue weighted by atomic mass is 10.0. The molecule has 5 nitrogen and oxygen atoms in total. The van der Waals surface area contributed by atoms with Crippen LogP contribution in [0.3, 0.4) is 0 Å². The van der Waals surface area contributed by atoms with E-state index in [0.717, 1.165) is 6.42 Å². The predicted molar refractivity (Wildman–Crippen MR) is 73.4 cm³/mol. The summed E-state index contributed by atoms with van der Waals surface area (Å²) in [6, 6.07) is -0.120. The minimum absolute atomic E-state index is 0.0147. The van der Waals surface area contributed by atoms with Crippen molar-refractivity contribution in [3.05, 3.63) is 0 Å². The molecule has 1 aliphatic rings. The Morgan fingerprint density at radius 1 is 1.37 bits per heavy atom. The zero-order valence-electron chi connectivity index (χ0n) is 12.6. The standard InChI is InChI=1S/C14H26N2O3/c1-9(2)8-11-14(18)16(7-6-12(17)19-5)13(15-11)10(3)4/h9-11,13,15H,6-8H2,1-5H3. The van der Waals surface area contributed by atoms with E-state index in [1.807, 2.05) is 0 Å². The lowest BCUT2D eigenvalue weighted by molar-refractivity contribution is -0.141. The molecule has 1 amide bonds. The first-order chi connectivity index (χ1) is 8.86. The molecule has 0 aromatic rings. The molecule has 0 saturated carbocycles. The molecule has 1 aliphatic heterocycles. The fourth-order valence-electron chi connectivity index (χ4n) is 2.46. The number of esters is 1. The van der Waals surface area contributed by atoms with Crippen LogP contribution in [-0.4, -0.2) is 42.6 Å². The van der Waals surface area contributed by atoms with E-state index in [1.165, 1.54) is 7.11 Å². The summed E-state index contributed by atoms with van der Waals surface area (Å²) in [7, 11) is 1.37. The van der Waals surface area contributed by atoms with Crippen LogP contribution in [-0.2, 0) is 14.3 Å². The monoisotopic (exact) mass is 270 g/mol. The van der Waals surface area contributed by atoms with Crippen molar-refractivity contribution in [1.82, 2.24) is 10.2 Å². The van der Waals surface area contributed by atoms with Gasteiger partial charge in [0, 0.05) is 6.54 Å². The SMILES string of the molecule is COC(=O)CCN1C(=O)C(CC(C)C)NC1C(C)C. The summed E-state index contributed by atoms with van der Waals surface area (Å²) < 4.78 is 4.64. The van der Waals surface area contributed by atoms with Gasteiger partial charge in [-0.15, -0.1) is 0 Å². The van der Waals surface area contributed by atoms with Crippen molar-refractivity contribution in [2.75, 3.05) is 13.7 Å². The minimum atomic E-state index is -0.275. The van der Waals surface area contributed by atoms with Gasteiger partial charge in [-0.3, -0.25) is 14.9 Å². The van der Waals surface area contributed by atoms with E-state index in [0.29, 0.717) is 18.4 Å².